The molecule has 0 saturated carbocycles. The number of nitrogens with one attached hydrogen (secondary N) is 1. The van der Waals surface area contributed by atoms with Gasteiger partial charge in [0.05, 0.1) is 11.2 Å². The van der Waals surface area contributed by atoms with Crippen LogP contribution in [0, 0.1) is 0 Å². The molecule has 0 atom stereocenters. The highest BCUT2D eigenvalue weighted by atomic mass is 16.2. The predicted molar refractivity (Wildman–Crippen MR) is 81.4 cm³/mol. The summed E-state index contributed by atoms with van der Waals surface area (Å²) in [5.41, 5.74) is 4.51. The first kappa shape index (κ1) is 14.3. The van der Waals surface area contributed by atoms with Crippen LogP contribution < -0.4 is 11.3 Å². The van der Waals surface area contributed by atoms with E-state index in [0.29, 0.717) is 17.9 Å². The zero-order valence-electron chi connectivity index (χ0n) is 12.1. The molecule has 0 aliphatic carbocycles. The smallest absolute Gasteiger partial charge is 0.272 e. The largest absolute Gasteiger partial charge is 0.335 e. The number of anilines is 1. The fourth-order valence-electron chi connectivity index (χ4n) is 2.29. The van der Waals surface area contributed by atoms with Crippen molar-refractivity contribution >= 4 is 22.5 Å². The van der Waals surface area contributed by atoms with Crippen LogP contribution in [-0.4, -0.2) is 28.4 Å². The molecule has 0 fully saturated rings. The molecule has 1 heterocycles. The van der Waals surface area contributed by atoms with Crippen molar-refractivity contribution < 1.29 is 4.79 Å². The molecule has 1 amide bonds. The van der Waals surface area contributed by atoms with Gasteiger partial charge in [0.15, 0.2) is 0 Å². The molecule has 2 aromatic rings. The number of hydrogen-bond donors (Lipinski definition) is 2. The van der Waals surface area contributed by atoms with Crippen molar-refractivity contribution in [3.05, 3.63) is 36.0 Å². The van der Waals surface area contributed by atoms with Gasteiger partial charge < -0.3 is 10.3 Å². The summed E-state index contributed by atoms with van der Waals surface area (Å²) in [4.78, 5) is 18.7. The number of fused-ring (bicyclic) bond motifs is 1. The van der Waals surface area contributed by atoms with Gasteiger partial charge in [0, 0.05) is 18.0 Å². The lowest BCUT2D eigenvalue weighted by atomic mass is 10.1. The molecule has 0 spiro atoms. The fraction of sp³-hybridized carbons (Fsp3) is 0.333. The maximum Gasteiger partial charge on any atom is 0.272 e. The van der Waals surface area contributed by atoms with Crippen LogP contribution in [0.5, 0.6) is 0 Å². The third kappa shape index (κ3) is 2.58. The van der Waals surface area contributed by atoms with Crippen LogP contribution in [0.1, 0.15) is 31.3 Å². The third-order valence-electron chi connectivity index (χ3n) is 3.32. The Morgan fingerprint density at radius 3 is 2.70 bits per heavy atom. The Morgan fingerprint density at radius 2 is 2.10 bits per heavy atom. The van der Waals surface area contributed by atoms with E-state index in [4.69, 9.17) is 5.84 Å². The molecule has 106 valence electrons. The average Bonchev–Trinajstić information content (AvgIpc) is 2.46. The summed E-state index contributed by atoms with van der Waals surface area (Å²) in [7, 11) is 0. The number of hydrogen-bond acceptors (Lipinski definition) is 4. The Morgan fingerprint density at radius 1 is 1.40 bits per heavy atom. The lowest BCUT2D eigenvalue weighted by molar-refractivity contribution is 0.0711. The Labute approximate surface area is 118 Å². The van der Waals surface area contributed by atoms with Crippen LogP contribution in [-0.2, 0) is 0 Å². The highest BCUT2D eigenvalue weighted by molar-refractivity contribution is 5.99. The second-order valence-electron chi connectivity index (χ2n) is 4.90. The van der Waals surface area contributed by atoms with Crippen LogP contribution in [0.25, 0.3) is 10.9 Å². The number of amides is 1. The van der Waals surface area contributed by atoms with Gasteiger partial charge in [0.2, 0.25) is 0 Å². The summed E-state index contributed by atoms with van der Waals surface area (Å²) in [6, 6.07) is 9.44. The summed E-state index contributed by atoms with van der Waals surface area (Å²) >= 11 is 0. The van der Waals surface area contributed by atoms with Crippen LogP contribution in [0.15, 0.2) is 30.3 Å². The molecule has 0 unspecified atom stereocenters. The molecular formula is C15H20N4O. The van der Waals surface area contributed by atoms with Crippen molar-refractivity contribution in [2.45, 2.75) is 26.8 Å². The molecule has 0 bridgehead atoms. The molecule has 0 radical (unpaired) electrons. The summed E-state index contributed by atoms with van der Waals surface area (Å²) in [5, 5.41) is 0.902. The molecule has 2 rings (SSSR count). The standard InChI is InChI=1S/C15H20N4O/c1-4-19(10(2)3)15(20)14-9-13(18-16)11-7-5-6-8-12(11)17-14/h5-10H,4,16H2,1-3H3,(H,17,18). The maximum atomic E-state index is 12.5. The molecule has 5 heteroatoms. The number of para-hydroxylation sites is 1. The van der Waals surface area contributed by atoms with Gasteiger partial charge in [-0.1, -0.05) is 18.2 Å². The quantitative estimate of drug-likeness (QED) is 0.662. The topological polar surface area (TPSA) is 71.2 Å². The lowest BCUT2D eigenvalue weighted by Gasteiger charge is -2.25. The second-order valence-corrected chi connectivity index (χ2v) is 4.90. The van der Waals surface area contributed by atoms with Crippen LogP contribution in [0.3, 0.4) is 0 Å². The fourth-order valence-corrected chi connectivity index (χ4v) is 2.29. The van der Waals surface area contributed by atoms with Gasteiger partial charge in [-0.2, -0.15) is 0 Å². The van der Waals surface area contributed by atoms with Crippen molar-refractivity contribution in [2.75, 3.05) is 12.0 Å². The van der Waals surface area contributed by atoms with Gasteiger partial charge in [0.25, 0.3) is 5.91 Å². The number of pyridine rings is 1. The molecule has 1 aromatic heterocycles. The number of carbonyl (C=O) groups excluding carboxylic acids is 1. The molecule has 20 heavy (non-hydrogen) atoms. The molecule has 0 aliphatic heterocycles. The predicted octanol–water partition coefficient (Wildman–Crippen LogP) is 2.39. The first-order valence-electron chi connectivity index (χ1n) is 6.75. The Kier molecular flexibility index (Phi) is 4.20. The van der Waals surface area contributed by atoms with Crippen molar-refractivity contribution in [3.8, 4) is 0 Å². The van der Waals surface area contributed by atoms with Crippen LogP contribution >= 0.6 is 0 Å². The maximum absolute atomic E-state index is 12.5. The Balaban J connectivity index is 2.52. The van der Waals surface area contributed by atoms with E-state index in [1.165, 1.54) is 0 Å². The van der Waals surface area contributed by atoms with E-state index in [2.05, 4.69) is 10.4 Å². The van der Waals surface area contributed by atoms with Gasteiger partial charge in [0.1, 0.15) is 5.69 Å². The molecule has 3 N–H and O–H groups in total. The normalized spacial score (nSPS) is 10.8. The summed E-state index contributed by atoms with van der Waals surface area (Å²) in [6.07, 6.45) is 0. The summed E-state index contributed by atoms with van der Waals surface area (Å²) < 4.78 is 0. The van der Waals surface area contributed by atoms with Crippen LogP contribution in [0.4, 0.5) is 5.69 Å². The van der Waals surface area contributed by atoms with Crippen molar-refractivity contribution in [1.29, 1.82) is 0 Å². The monoisotopic (exact) mass is 272 g/mol. The molecular weight excluding hydrogens is 252 g/mol. The number of nitrogens with zero attached hydrogens (tertiary/aromatic N) is 2. The van der Waals surface area contributed by atoms with Crippen molar-refractivity contribution in [3.63, 3.8) is 0 Å². The minimum absolute atomic E-state index is 0.0789. The zero-order valence-corrected chi connectivity index (χ0v) is 12.1. The van der Waals surface area contributed by atoms with Gasteiger partial charge in [-0.15, -0.1) is 0 Å². The molecule has 5 nitrogen and oxygen atoms in total. The summed E-state index contributed by atoms with van der Waals surface area (Å²) in [5.74, 6) is 5.47. The van der Waals surface area contributed by atoms with Gasteiger partial charge in [-0.25, -0.2) is 4.98 Å². The third-order valence-corrected chi connectivity index (χ3v) is 3.32. The number of nitrogen functional groups attached to an aromatic ring is 1. The van der Waals surface area contributed by atoms with Crippen molar-refractivity contribution in [1.82, 2.24) is 9.88 Å². The summed E-state index contributed by atoms with van der Waals surface area (Å²) in [6.45, 7) is 6.59. The number of rotatable bonds is 4. The second kappa shape index (κ2) is 5.88. The van der Waals surface area contributed by atoms with E-state index >= 15 is 0 Å². The van der Waals surface area contributed by atoms with Gasteiger partial charge in [-0.05, 0) is 32.9 Å². The van der Waals surface area contributed by atoms with E-state index in [0.717, 1.165) is 10.9 Å². The van der Waals surface area contributed by atoms with E-state index in [-0.39, 0.29) is 11.9 Å². The number of aromatic nitrogens is 1. The van der Waals surface area contributed by atoms with E-state index in [1.54, 1.807) is 11.0 Å². The van der Waals surface area contributed by atoms with Crippen LogP contribution in [0.2, 0.25) is 0 Å². The number of benzene rings is 1. The minimum atomic E-state index is -0.0789. The van der Waals surface area contributed by atoms with Crippen molar-refractivity contribution in [2.24, 2.45) is 5.84 Å². The number of hydrazine groups is 1. The van der Waals surface area contributed by atoms with Gasteiger partial charge in [-0.3, -0.25) is 10.6 Å². The Bertz CT molecular complexity index is 624. The molecule has 0 aliphatic rings. The molecule has 1 aromatic carbocycles. The minimum Gasteiger partial charge on any atom is -0.335 e. The SMILES string of the molecule is CCN(C(=O)c1cc(NN)c2ccccc2n1)C(C)C. The van der Waals surface area contributed by atoms with Gasteiger partial charge >= 0.3 is 0 Å². The lowest BCUT2D eigenvalue weighted by Crippen LogP contribution is -2.37. The highest BCUT2D eigenvalue weighted by Gasteiger charge is 2.19. The highest BCUT2D eigenvalue weighted by Crippen LogP contribution is 2.23. The average molecular weight is 272 g/mol. The first-order chi connectivity index (χ1) is 9.58. The van der Waals surface area contributed by atoms with E-state index in [9.17, 15) is 4.79 Å². The van der Waals surface area contributed by atoms with E-state index in [1.807, 2.05) is 45.0 Å². The Hall–Kier alpha value is -2.14. The number of nitrogens with two attached hydrogens (primary N) is 1. The first-order valence-corrected chi connectivity index (χ1v) is 6.75. The molecule has 0 saturated heterocycles. The zero-order chi connectivity index (χ0) is 14.7. The van der Waals surface area contributed by atoms with E-state index < -0.39 is 0 Å². The number of carbonyl (C=O) groups is 1.